The summed E-state index contributed by atoms with van der Waals surface area (Å²) in [5, 5.41) is 14.2. The minimum Gasteiger partial charge on any atom is -0.481 e. The molecule has 122 valence electrons. The molecule has 0 bridgehead atoms. The van der Waals surface area contributed by atoms with Crippen LogP contribution in [0.2, 0.25) is 0 Å². The topological polar surface area (TPSA) is 75.6 Å². The van der Waals surface area contributed by atoms with Crippen molar-refractivity contribution in [3.8, 4) is 0 Å². The van der Waals surface area contributed by atoms with Gasteiger partial charge in [0.2, 0.25) is 5.91 Å². The summed E-state index contributed by atoms with van der Waals surface area (Å²) in [5.41, 5.74) is 0.940. The minimum absolute atomic E-state index is 0.0428. The van der Waals surface area contributed by atoms with Gasteiger partial charge in [0.1, 0.15) is 6.61 Å². The molecule has 0 spiro atoms. The number of benzene rings is 2. The smallest absolute Gasteiger partial charge is 0.308 e. The summed E-state index contributed by atoms with van der Waals surface area (Å²) in [7, 11) is 0. The molecule has 0 aliphatic heterocycles. The van der Waals surface area contributed by atoms with Crippen LogP contribution in [0.4, 0.5) is 0 Å². The van der Waals surface area contributed by atoms with Crippen molar-refractivity contribution in [2.24, 2.45) is 5.92 Å². The third-order valence-electron chi connectivity index (χ3n) is 3.63. The van der Waals surface area contributed by atoms with E-state index in [1.165, 1.54) is 0 Å². The van der Waals surface area contributed by atoms with Gasteiger partial charge in [-0.2, -0.15) is 0 Å². The molecule has 0 aliphatic rings. The lowest BCUT2D eigenvalue weighted by Crippen LogP contribution is -2.36. The highest BCUT2D eigenvalue weighted by molar-refractivity contribution is 5.83. The highest BCUT2D eigenvalue weighted by Crippen LogP contribution is 2.18. The first-order chi connectivity index (χ1) is 11.1. The Morgan fingerprint density at radius 2 is 1.91 bits per heavy atom. The Labute approximate surface area is 135 Å². The maximum absolute atomic E-state index is 11.5. The molecule has 1 amide bonds. The van der Waals surface area contributed by atoms with Gasteiger partial charge in [-0.1, -0.05) is 42.5 Å². The Bertz CT molecular complexity index is 684. The summed E-state index contributed by atoms with van der Waals surface area (Å²) in [4.78, 5) is 22.9. The molecule has 0 fully saturated rings. The van der Waals surface area contributed by atoms with Crippen LogP contribution in [0.1, 0.15) is 12.5 Å². The molecule has 5 nitrogen and oxygen atoms in total. The second-order valence-corrected chi connectivity index (χ2v) is 5.36. The van der Waals surface area contributed by atoms with Gasteiger partial charge in [0.15, 0.2) is 0 Å². The summed E-state index contributed by atoms with van der Waals surface area (Å²) >= 11 is 0. The van der Waals surface area contributed by atoms with Gasteiger partial charge in [-0.25, -0.2) is 0 Å². The SMILES string of the molecule is CCOCC(=O)NCC(Cc1ccc2ccccc2c1)C(=O)O. The van der Waals surface area contributed by atoms with Crippen LogP contribution in [-0.2, 0) is 20.7 Å². The van der Waals surface area contributed by atoms with Gasteiger partial charge in [-0.15, -0.1) is 0 Å². The fourth-order valence-corrected chi connectivity index (χ4v) is 2.38. The molecule has 2 aromatic carbocycles. The molecule has 0 heterocycles. The zero-order chi connectivity index (χ0) is 16.7. The van der Waals surface area contributed by atoms with Gasteiger partial charge in [0.05, 0.1) is 5.92 Å². The molecule has 0 aliphatic carbocycles. The van der Waals surface area contributed by atoms with E-state index in [2.05, 4.69) is 5.32 Å². The standard InChI is InChI=1S/C18H21NO4/c1-2-23-12-17(20)19-11-16(18(21)22)10-13-7-8-14-5-3-4-6-15(14)9-13/h3-9,16H,2,10-12H2,1H3,(H,19,20)(H,21,22). The fraction of sp³-hybridized carbons (Fsp3) is 0.333. The van der Waals surface area contributed by atoms with Gasteiger partial charge in [0, 0.05) is 13.2 Å². The van der Waals surface area contributed by atoms with E-state index in [9.17, 15) is 14.7 Å². The lowest BCUT2D eigenvalue weighted by Gasteiger charge is -2.14. The quantitative estimate of drug-likeness (QED) is 0.783. The van der Waals surface area contributed by atoms with Crippen molar-refractivity contribution < 1.29 is 19.4 Å². The van der Waals surface area contributed by atoms with Crippen LogP contribution in [-0.4, -0.2) is 36.7 Å². The van der Waals surface area contributed by atoms with Crippen LogP contribution in [0.15, 0.2) is 42.5 Å². The maximum Gasteiger partial charge on any atom is 0.308 e. The van der Waals surface area contributed by atoms with E-state index in [-0.39, 0.29) is 19.1 Å². The number of aliphatic carboxylic acids is 1. The summed E-state index contributed by atoms with van der Waals surface area (Å²) < 4.78 is 5.00. The minimum atomic E-state index is -0.921. The molecule has 0 aromatic heterocycles. The Hall–Kier alpha value is -2.40. The third-order valence-corrected chi connectivity index (χ3v) is 3.63. The molecule has 0 saturated heterocycles. The van der Waals surface area contributed by atoms with Crippen LogP contribution in [0.25, 0.3) is 10.8 Å². The average Bonchev–Trinajstić information content (AvgIpc) is 2.56. The Morgan fingerprint density at radius 3 is 2.61 bits per heavy atom. The van der Waals surface area contributed by atoms with E-state index in [1.54, 1.807) is 6.92 Å². The molecule has 1 atom stereocenters. The van der Waals surface area contributed by atoms with Crippen LogP contribution in [0.3, 0.4) is 0 Å². The number of amides is 1. The van der Waals surface area contributed by atoms with Crippen molar-refractivity contribution in [3.05, 3.63) is 48.0 Å². The number of carbonyl (C=O) groups is 2. The number of hydrogen-bond acceptors (Lipinski definition) is 3. The van der Waals surface area contributed by atoms with Crippen molar-refractivity contribution in [3.63, 3.8) is 0 Å². The van der Waals surface area contributed by atoms with Gasteiger partial charge in [-0.05, 0) is 29.7 Å². The van der Waals surface area contributed by atoms with Gasteiger partial charge in [0.25, 0.3) is 0 Å². The van der Waals surface area contributed by atoms with Gasteiger partial charge < -0.3 is 15.2 Å². The second-order valence-electron chi connectivity index (χ2n) is 5.36. The predicted molar refractivity (Wildman–Crippen MR) is 88.3 cm³/mol. The zero-order valence-electron chi connectivity index (χ0n) is 13.1. The Morgan fingerprint density at radius 1 is 1.17 bits per heavy atom. The first-order valence-corrected chi connectivity index (χ1v) is 7.65. The largest absolute Gasteiger partial charge is 0.481 e. The third kappa shape index (κ3) is 5.07. The lowest BCUT2D eigenvalue weighted by molar-refractivity contribution is -0.141. The highest BCUT2D eigenvalue weighted by Gasteiger charge is 2.19. The number of carboxylic acid groups (broad SMARTS) is 1. The molecule has 0 saturated carbocycles. The summed E-state index contributed by atoms with van der Waals surface area (Å²) in [5.74, 6) is -1.88. The van der Waals surface area contributed by atoms with E-state index in [1.807, 2.05) is 42.5 Å². The molecule has 1 unspecified atom stereocenters. The summed E-state index contributed by atoms with van der Waals surface area (Å²) in [6, 6.07) is 13.8. The average molecular weight is 315 g/mol. The number of nitrogens with one attached hydrogen (secondary N) is 1. The van der Waals surface area contributed by atoms with Crippen molar-refractivity contribution in [2.75, 3.05) is 19.8 Å². The van der Waals surface area contributed by atoms with E-state index < -0.39 is 11.9 Å². The number of hydrogen-bond donors (Lipinski definition) is 2. The Balaban J connectivity index is 2.00. The van der Waals surface area contributed by atoms with E-state index in [4.69, 9.17) is 4.74 Å². The molecule has 23 heavy (non-hydrogen) atoms. The van der Waals surface area contributed by atoms with Gasteiger partial charge >= 0.3 is 5.97 Å². The number of carbonyl (C=O) groups excluding carboxylic acids is 1. The first-order valence-electron chi connectivity index (χ1n) is 7.65. The van der Waals surface area contributed by atoms with Crippen LogP contribution >= 0.6 is 0 Å². The molecular weight excluding hydrogens is 294 g/mol. The molecule has 2 N–H and O–H groups in total. The lowest BCUT2D eigenvalue weighted by atomic mass is 9.97. The Kier molecular flexibility index (Phi) is 6.11. The highest BCUT2D eigenvalue weighted by atomic mass is 16.5. The summed E-state index contributed by atoms with van der Waals surface area (Å²) in [6.07, 6.45) is 0.370. The number of carboxylic acids is 1. The van der Waals surface area contributed by atoms with Crippen molar-refractivity contribution in [2.45, 2.75) is 13.3 Å². The van der Waals surface area contributed by atoms with Crippen LogP contribution < -0.4 is 5.32 Å². The second kappa shape index (κ2) is 8.29. The monoisotopic (exact) mass is 315 g/mol. The number of fused-ring (bicyclic) bond motifs is 1. The fourth-order valence-electron chi connectivity index (χ4n) is 2.38. The molecule has 2 rings (SSSR count). The first kappa shape index (κ1) is 17.0. The number of ether oxygens (including phenoxy) is 1. The maximum atomic E-state index is 11.5. The molecule has 2 aromatic rings. The zero-order valence-corrected chi connectivity index (χ0v) is 13.1. The normalized spacial score (nSPS) is 12.0. The van der Waals surface area contributed by atoms with E-state index in [0.717, 1.165) is 16.3 Å². The molecule has 0 radical (unpaired) electrons. The van der Waals surface area contributed by atoms with E-state index >= 15 is 0 Å². The number of rotatable bonds is 8. The van der Waals surface area contributed by atoms with Crippen molar-refractivity contribution in [1.29, 1.82) is 0 Å². The predicted octanol–water partition coefficient (Wildman–Crippen LogP) is 2.24. The summed E-state index contributed by atoms with van der Waals surface area (Å²) in [6.45, 7) is 2.30. The van der Waals surface area contributed by atoms with Gasteiger partial charge in [-0.3, -0.25) is 9.59 Å². The van der Waals surface area contributed by atoms with Crippen molar-refractivity contribution >= 4 is 22.6 Å². The van der Waals surface area contributed by atoms with Crippen molar-refractivity contribution in [1.82, 2.24) is 5.32 Å². The molecular formula is C18H21NO4. The molecule has 5 heteroatoms. The van der Waals surface area contributed by atoms with Crippen LogP contribution in [0.5, 0.6) is 0 Å². The van der Waals surface area contributed by atoms with E-state index in [0.29, 0.717) is 13.0 Å². The van der Waals surface area contributed by atoms with Crippen LogP contribution in [0, 0.1) is 5.92 Å².